The average molecular weight is 428 g/mol. The number of benzene rings is 1. The zero-order chi connectivity index (χ0) is 21.6. The summed E-state index contributed by atoms with van der Waals surface area (Å²) in [6.07, 6.45) is 3.97. The molecule has 166 valence electrons. The smallest absolute Gasteiger partial charge is 0.328 e. The fourth-order valence-electron chi connectivity index (χ4n) is 4.01. The maximum Gasteiger partial charge on any atom is 0.328 e. The van der Waals surface area contributed by atoms with Crippen LogP contribution in [-0.4, -0.2) is 71.0 Å². The van der Waals surface area contributed by atoms with E-state index in [0.29, 0.717) is 37.0 Å². The van der Waals surface area contributed by atoms with Gasteiger partial charge in [0.15, 0.2) is 5.65 Å². The van der Waals surface area contributed by atoms with Gasteiger partial charge < -0.3 is 19.2 Å². The van der Waals surface area contributed by atoms with E-state index in [1.165, 1.54) is 18.4 Å². The minimum atomic E-state index is -0.220. The summed E-state index contributed by atoms with van der Waals surface area (Å²) in [4.78, 5) is 26.3. The summed E-state index contributed by atoms with van der Waals surface area (Å²) < 4.78 is 17.4. The standard InChI is InChI=1S/C22H29N5O4/c1-29-10-11-31-21-23-12-19-20(25-21)27(22(28)24-19)14-17-7-5-16(6-8-17)13-26-9-3-4-18(26)15-30-2/h5-8,12,18H,3-4,9-11,13-15H2,1-2H3,(H,24,28). The van der Waals surface area contributed by atoms with Crippen molar-refractivity contribution >= 4 is 11.2 Å². The first kappa shape index (κ1) is 21.5. The number of imidazole rings is 1. The minimum absolute atomic E-state index is 0.220. The molecule has 0 saturated carbocycles. The van der Waals surface area contributed by atoms with Crippen LogP contribution < -0.4 is 10.4 Å². The lowest BCUT2D eigenvalue weighted by molar-refractivity contribution is 0.112. The van der Waals surface area contributed by atoms with Crippen LogP contribution in [0, 0.1) is 0 Å². The summed E-state index contributed by atoms with van der Waals surface area (Å²) in [5.41, 5.74) is 3.17. The quantitative estimate of drug-likeness (QED) is 0.493. The molecular formula is C22H29N5O4. The van der Waals surface area contributed by atoms with Gasteiger partial charge in [-0.25, -0.2) is 9.78 Å². The monoisotopic (exact) mass is 427 g/mol. The van der Waals surface area contributed by atoms with Gasteiger partial charge in [0.1, 0.15) is 12.1 Å². The van der Waals surface area contributed by atoms with Crippen LogP contribution in [-0.2, 0) is 22.6 Å². The van der Waals surface area contributed by atoms with Crippen molar-refractivity contribution in [2.45, 2.75) is 32.0 Å². The van der Waals surface area contributed by atoms with Crippen LogP contribution in [0.15, 0.2) is 35.3 Å². The number of aromatic nitrogens is 4. The highest BCUT2D eigenvalue weighted by Gasteiger charge is 2.24. The third-order valence-electron chi connectivity index (χ3n) is 5.62. The molecule has 9 nitrogen and oxygen atoms in total. The third-order valence-corrected chi connectivity index (χ3v) is 5.62. The number of hydrogen-bond acceptors (Lipinski definition) is 7. The molecule has 2 aromatic heterocycles. The van der Waals surface area contributed by atoms with Crippen molar-refractivity contribution in [3.05, 3.63) is 52.1 Å². The highest BCUT2D eigenvalue weighted by Crippen LogP contribution is 2.21. The van der Waals surface area contributed by atoms with Crippen LogP contribution in [0.4, 0.5) is 0 Å². The van der Waals surface area contributed by atoms with E-state index in [9.17, 15) is 4.79 Å². The summed E-state index contributed by atoms with van der Waals surface area (Å²) in [6.45, 7) is 4.01. The highest BCUT2D eigenvalue weighted by atomic mass is 16.5. The van der Waals surface area contributed by atoms with E-state index >= 15 is 0 Å². The van der Waals surface area contributed by atoms with Gasteiger partial charge in [0, 0.05) is 26.8 Å². The number of hydrogen-bond donors (Lipinski definition) is 1. The Labute approximate surface area is 181 Å². The van der Waals surface area contributed by atoms with Crippen molar-refractivity contribution in [2.24, 2.45) is 0 Å². The molecule has 1 saturated heterocycles. The largest absolute Gasteiger partial charge is 0.461 e. The number of rotatable bonds is 10. The molecule has 1 fully saturated rings. The Balaban J connectivity index is 1.46. The lowest BCUT2D eigenvalue weighted by atomic mass is 10.1. The Morgan fingerprint density at radius 1 is 1.10 bits per heavy atom. The lowest BCUT2D eigenvalue weighted by Crippen LogP contribution is -2.32. The highest BCUT2D eigenvalue weighted by molar-refractivity contribution is 5.69. The maximum atomic E-state index is 12.5. The molecule has 0 bridgehead atoms. The summed E-state index contributed by atoms with van der Waals surface area (Å²) in [5, 5.41) is 0. The molecular weight excluding hydrogens is 398 g/mol. The number of fused-ring (bicyclic) bond motifs is 1. The van der Waals surface area contributed by atoms with Gasteiger partial charge in [-0.15, -0.1) is 0 Å². The second-order valence-electron chi connectivity index (χ2n) is 7.79. The molecule has 3 aromatic rings. The Morgan fingerprint density at radius 2 is 1.87 bits per heavy atom. The molecule has 4 rings (SSSR count). The Morgan fingerprint density at radius 3 is 2.61 bits per heavy atom. The molecule has 1 atom stereocenters. The van der Waals surface area contributed by atoms with Crippen LogP contribution in [0.3, 0.4) is 0 Å². The molecule has 9 heteroatoms. The fraction of sp³-hybridized carbons (Fsp3) is 0.500. The molecule has 1 aliphatic rings. The summed E-state index contributed by atoms with van der Waals surface area (Å²) >= 11 is 0. The predicted molar refractivity (Wildman–Crippen MR) is 116 cm³/mol. The van der Waals surface area contributed by atoms with E-state index in [2.05, 4.69) is 44.1 Å². The van der Waals surface area contributed by atoms with Crippen LogP contribution in [0.1, 0.15) is 24.0 Å². The van der Waals surface area contributed by atoms with E-state index in [4.69, 9.17) is 14.2 Å². The zero-order valence-corrected chi connectivity index (χ0v) is 18.0. The van der Waals surface area contributed by atoms with Gasteiger partial charge in [0.25, 0.3) is 0 Å². The third kappa shape index (κ3) is 5.12. The summed E-state index contributed by atoms with van der Waals surface area (Å²) in [7, 11) is 3.36. The first-order valence-corrected chi connectivity index (χ1v) is 10.6. The normalized spacial score (nSPS) is 16.9. The zero-order valence-electron chi connectivity index (χ0n) is 18.0. The number of aromatic amines is 1. The molecule has 3 heterocycles. The number of nitrogens with zero attached hydrogens (tertiary/aromatic N) is 4. The summed E-state index contributed by atoms with van der Waals surface area (Å²) in [6, 6.07) is 9.12. The van der Waals surface area contributed by atoms with E-state index in [1.807, 2.05) is 0 Å². The van der Waals surface area contributed by atoms with E-state index in [0.717, 1.165) is 25.3 Å². The van der Waals surface area contributed by atoms with Gasteiger partial charge in [-0.2, -0.15) is 4.98 Å². The first-order chi connectivity index (χ1) is 15.2. The number of likely N-dealkylation sites (tertiary alicyclic amines) is 1. The van der Waals surface area contributed by atoms with Gasteiger partial charge in [-0.1, -0.05) is 24.3 Å². The van der Waals surface area contributed by atoms with E-state index in [-0.39, 0.29) is 11.7 Å². The van der Waals surface area contributed by atoms with Crippen molar-refractivity contribution in [3.63, 3.8) is 0 Å². The van der Waals surface area contributed by atoms with Crippen molar-refractivity contribution < 1.29 is 14.2 Å². The number of methoxy groups -OCH3 is 2. The van der Waals surface area contributed by atoms with Gasteiger partial charge in [-0.05, 0) is 30.5 Å². The Kier molecular flexibility index (Phi) is 6.96. The molecule has 1 aromatic carbocycles. The van der Waals surface area contributed by atoms with Crippen molar-refractivity contribution in [2.75, 3.05) is 40.6 Å². The van der Waals surface area contributed by atoms with Gasteiger partial charge in [0.2, 0.25) is 0 Å². The Bertz CT molecular complexity index is 1050. The summed E-state index contributed by atoms with van der Waals surface area (Å²) in [5.74, 6) is 0. The molecule has 0 radical (unpaired) electrons. The van der Waals surface area contributed by atoms with Crippen LogP contribution in [0.2, 0.25) is 0 Å². The van der Waals surface area contributed by atoms with Crippen LogP contribution in [0.5, 0.6) is 6.01 Å². The molecule has 0 aliphatic carbocycles. The van der Waals surface area contributed by atoms with Crippen molar-refractivity contribution in [3.8, 4) is 6.01 Å². The van der Waals surface area contributed by atoms with Crippen molar-refractivity contribution in [1.82, 2.24) is 24.4 Å². The molecule has 0 spiro atoms. The lowest BCUT2D eigenvalue weighted by Gasteiger charge is -2.23. The average Bonchev–Trinajstić information content (AvgIpc) is 3.33. The van der Waals surface area contributed by atoms with Crippen LogP contribution >= 0.6 is 0 Å². The van der Waals surface area contributed by atoms with Crippen LogP contribution in [0.25, 0.3) is 11.2 Å². The second-order valence-corrected chi connectivity index (χ2v) is 7.79. The molecule has 31 heavy (non-hydrogen) atoms. The van der Waals surface area contributed by atoms with E-state index in [1.54, 1.807) is 25.0 Å². The maximum absolute atomic E-state index is 12.5. The van der Waals surface area contributed by atoms with Gasteiger partial charge in [-0.3, -0.25) is 9.47 Å². The number of nitrogens with one attached hydrogen (secondary N) is 1. The molecule has 1 aliphatic heterocycles. The van der Waals surface area contributed by atoms with E-state index < -0.39 is 0 Å². The molecule has 1 N–H and O–H groups in total. The first-order valence-electron chi connectivity index (χ1n) is 10.6. The Hall–Kier alpha value is -2.75. The van der Waals surface area contributed by atoms with Gasteiger partial charge in [0.05, 0.1) is 26.0 Å². The van der Waals surface area contributed by atoms with Gasteiger partial charge >= 0.3 is 11.7 Å². The predicted octanol–water partition coefficient (Wildman–Crippen LogP) is 1.80. The second kappa shape index (κ2) is 10.0. The SMILES string of the molecule is COCCOc1ncc2[nH]c(=O)n(Cc3ccc(CN4CCCC4COC)cc3)c2n1. The van der Waals surface area contributed by atoms with Crippen molar-refractivity contribution in [1.29, 1.82) is 0 Å². The fourth-order valence-corrected chi connectivity index (χ4v) is 4.01. The number of ether oxygens (including phenoxy) is 3. The minimum Gasteiger partial charge on any atom is -0.461 e. The number of H-pyrrole nitrogens is 1. The molecule has 1 unspecified atom stereocenters. The topological polar surface area (TPSA) is 94.5 Å². The molecule has 0 amide bonds.